The Kier molecular flexibility index (Phi) is 6.03. The Morgan fingerprint density at radius 1 is 1.03 bits per heavy atom. The Hall–Kier alpha value is -3.70. The summed E-state index contributed by atoms with van der Waals surface area (Å²) in [5, 5.41) is 16.3. The van der Waals surface area contributed by atoms with Gasteiger partial charge in [0.05, 0.1) is 10.9 Å². The van der Waals surface area contributed by atoms with Crippen molar-refractivity contribution < 1.29 is 14.3 Å². The summed E-state index contributed by atoms with van der Waals surface area (Å²) >= 11 is 6.58. The van der Waals surface area contributed by atoms with E-state index in [1.54, 1.807) is 0 Å². The Labute approximate surface area is 201 Å². The Bertz CT molecular complexity index is 1440. The number of nitrogens with one attached hydrogen (secondary N) is 1. The van der Waals surface area contributed by atoms with Gasteiger partial charge in [-0.05, 0) is 76.4 Å². The molecule has 1 saturated carbocycles. The summed E-state index contributed by atoms with van der Waals surface area (Å²) in [6, 6.07) is 21.5. The average Bonchev–Trinajstić information content (AvgIpc) is 3.17. The van der Waals surface area contributed by atoms with Gasteiger partial charge in [-0.2, -0.15) is 4.39 Å². The summed E-state index contributed by atoms with van der Waals surface area (Å²) in [5.41, 5.74) is 6.36. The van der Waals surface area contributed by atoms with Crippen LogP contribution in [-0.4, -0.2) is 21.3 Å². The zero-order chi connectivity index (χ0) is 23.7. The number of hydrogen-bond acceptors (Lipinski definition) is 2. The maximum absolute atomic E-state index is 14.4. The van der Waals surface area contributed by atoms with E-state index in [0.717, 1.165) is 41.2 Å². The molecule has 0 bridgehead atoms. The quantitative estimate of drug-likeness (QED) is 0.230. The van der Waals surface area contributed by atoms with E-state index >= 15 is 0 Å². The highest BCUT2D eigenvalue weighted by molar-refractivity contribution is 6.32. The number of carboxylic acid groups (broad SMARTS) is 1. The molecule has 170 valence electrons. The number of aliphatic carboxylic acids is 1. The summed E-state index contributed by atoms with van der Waals surface area (Å²) in [4.78, 5) is 10.9. The fourth-order valence-electron chi connectivity index (χ4n) is 4.49. The summed E-state index contributed by atoms with van der Waals surface area (Å²) in [5.74, 6) is -1.19. The van der Waals surface area contributed by atoms with Crippen molar-refractivity contribution in [3.05, 3.63) is 106 Å². The van der Waals surface area contributed by atoms with E-state index in [1.165, 1.54) is 18.1 Å². The zero-order valence-electron chi connectivity index (χ0n) is 18.3. The standard InChI is InChI=1S/C28H22ClFN2O2/c29-23-16-21(10-9-17(23)12-14-25(33)34)27(20-11-13-24-22(15-20)28(30)32-31-24)26(19-7-4-8-19)18-5-2-1-3-6-18/h1-3,5-6,9-16,19H,4,7-8H2,(H,31,32)(H,33,34). The number of allylic oxidation sites excluding steroid dienone is 1. The molecule has 0 saturated heterocycles. The minimum Gasteiger partial charge on any atom is -0.478 e. The van der Waals surface area contributed by atoms with Gasteiger partial charge in [-0.1, -0.05) is 66.6 Å². The first kappa shape index (κ1) is 22.1. The summed E-state index contributed by atoms with van der Waals surface area (Å²) in [6.45, 7) is 0. The van der Waals surface area contributed by atoms with Crippen molar-refractivity contribution in [1.82, 2.24) is 10.2 Å². The van der Waals surface area contributed by atoms with Crippen LogP contribution in [0.25, 0.3) is 28.1 Å². The van der Waals surface area contributed by atoms with Crippen molar-refractivity contribution >= 4 is 45.7 Å². The van der Waals surface area contributed by atoms with Crippen LogP contribution in [0.15, 0.2) is 72.8 Å². The Balaban J connectivity index is 1.76. The maximum Gasteiger partial charge on any atom is 0.328 e. The van der Waals surface area contributed by atoms with E-state index in [2.05, 4.69) is 22.3 Å². The highest BCUT2D eigenvalue weighted by atomic mass is 35.5. The molecule has 1 heterocycles. The van der Waals surface area contributed by atoms with Gasteiger partial charge in [0.2, 0.25) is 5.95 Å². The number of carboxylic acids is 1. The molecule has 2 N–H and O–H groups in total. The number of benzene rings is 3. The van der Waals surface area contributed by atoms with Gasteiger partial charge in [0, 0.05) is 11.1 Å². The van der Waals surface area contributed by atoms with Crippen LogP contribution in [0.5, 0.6) is 0 Å². The average molecular weight is 473 g/mol. The molecule has 4 aromatic rings. The van der Waals surface area contributed by atoms with Crippen molar-refractivity contribution in [2.45, 2.75) is 19.3 Å². The molecule has 4 nitrogen and oxygen atoms in total. The molecule has 0 spiro atoms. The van der Waals surface area contributed by atoms with Gasteiger partial charge in [0.15, 0.2) is 0 Å². The third-order valence-electron chi connectivity index (χ3n) is 6.37. The minimum atomic E-state index is -1.03. The van der Waals surface area contributed by atoms with Crippen LogP contribution in [0.1, 0.15) is 41.5 Å². The summed E-state index contributed by atoms with van der Waals surface area (Å²) in [7, 11) is 0. The van der Waals surface area contributed by atoms with Crippen molar-refractivity contribution in [3.8, 4) is 0 Å². The van der Waals surface area contributed by atoms with Crippen LogP contribution in [-0.2, 0) is 4.79 Å². The fraction of sp³-hybridized carbons (Fsp3) is 0.143. The van der Waals surface area contributed by atoms with E-state index in [4.69, 9.17) is 16.7 Å². The number of rotatable bonds is 6. The molecule has 34 heavy (non-hydrogen) atoms. The number of aromatic nitrogens is 2. The lowest BCUT2D eigenvalue weighted by molar-refractivity contribution is -0.131. The SMILES string of the molecule is O=C(O)C=Cc1ccc(C(=C(c2ccccc2)C2CCC2)c2ccc3[nH]nc(F)c3c2)cc1Cl. The van der Waals surface area contributed by atoms with Gasteiger partial charge >= 0.3 is 5.97 Å². The van der Waals surface area contributed by atoms with Gasteiger partial charge in [-0.25, -0.2) is 4.79 Å². The second-order valence-corrected chi connectivity index (χ2v) is 8.87. The summed E-state index contributed by atoms with van der Waals surface area (Å²) in [6.07, 6.45) is 5.89. The molecule has 0 radical (unpaired) electrons. The first-order valence-electron chi connectivity index (χ1n) is 11.2. The first-order valence-corrected chi connectivity index (χ1v) is 11.5. The number of fused-ring (bicyclic) bond motifs is 1. The van der Waals surface area contributed by atoms with Crippen LogP contribution in [0.2, 0.25) is 5.02 Å². The van der Waals surface area contributed by atoms with E-state index < -0.39 is 11.9 Å². The van der Waals surface area contributed by atoms with Gasteiger partial charge < -0.3 is 5.11 Å². The van der Waals surface area contributed by atoms with Crippen molar-refractivity contribution in [1.29, 1.82) is 0 Å². The number of carbonyl (C=O) groups is 1. The highest BCUT2D eigenvalue weighted by Crippen LogP contribution is 2.45. The lowest BCUT2D eigenvalue weighted by Gasteiger charge is -2.31. The molecular formula is C28H22ClFN2O2. The molecule has 0 unspecified atom stereocenters. The fourth-order valence-corrected chi connectivity index (χ4v) is 4.74. The van der Waals surface area contributed by atoms with Crippen LogP contribution < -0.4 is 0 Å². The number of hydrogen-bond donors (Lipinski definition) is 2. The molecule has 1 fully saturated rings. The predicted octanol–water partition coefficient (Wildman–Crippen LogP) is 7.21. The lowest BCUT2D eigenvalue weighted by atomic mass is 9.73. The molecule has 1 aliphatic carbocycles. The predicted molar refractivity (Wildman–Crippen MR) is 134 cm³/mol. The second-order valence-electron chi connectivity index (χ2n) is 8.47. The van der Waals surface area contributed by atoms with Crippen LogP contribution in [0, 0.1) is 11.9 Å². The number of nitrogens with zero attached hydrogens (tertiary/aromatic N) is 1. The molecule has 1 aromatic heterocycles. The molecular weight excluding hydrogens is 451 g/mol. The van der Waals surface area contributed by atoms with E-state index in [9.17, 15) is 9.18 Å². The smallest absolute Gasteiger partial charge is 0.328 e. The molecule has 5 rings (SSSR count). The van der Waals surface area contributed by atoms with Crippen molar-refractivity contribution in [3.63, 3.8) is 0 Å². The number of H-pyrrole nitrogens is 1. The van der Waals surface area contributed by atoms with Crippen molar-refractivity contribution in [2.75, 3.05) is 0 Å². The molecule has 3 aromatic carbocycles. The minimum absolute atomic E-state index is 0.382. The largest absolute Gasteiger partial charge is 0.478 e. The topological polar surface area (TPSA) is 66.0 Å². The van der Waals surface area contributed by atoms with Gasteiger partial charge in [0.25, 0.3) is 0 Å². The summed E-state index contributed by atoms with van der Waals surface area (Å²) < 4.78 is 14.4. The molecule has 0 aliphatic heterocycles. The maximum atomic E-state index is 14.4. The third kappa shape index (κ3) is 4.27. The van der Waals surface area contributed by atoms with E-state index in [-0.39, 0.29) is 0 Å². The van der Waals surface area contributed by atoms with Crippen LogP contribution >= 0.6 is 11.6 Å². The zero-order valence-corrected chi connectivity index (χ0v) is 19.0. The van der Waals surface area contributed by atoms with Crippen LogP contribution in [0.4, 0.5) is 4.39 Å². The number of aromatic amines is 1. The molecule has 1 aliphatic rings. The van der Waals surface area contributed by atoms with E-state index in [1.807, 2.05) is 54.6 Å². The van der Waals surface area contributed by atoms with Gasteiger partial charge in [-0.3, -0.25) is 5.10 Å². The van der Waals surface area contributed by atoms with Crippen molar-refractivity contribution in [2.24, 2.45) is 5.92 Å². The highest BCUT2D eigenvalue weighted by Gasteiger charge is 2.27. The molecule has 0 atom stereocenters. The molecule has 6 heteroatoms. The monoisotopic (exact) mass is 472 g/mol. The van der Waals surface area contributed by atoms with E-state index in [0.29, 0.717) is 27.4 Å². The first-order chi connectivity index (χ1) is 16.5. The normalized spacial score (nSPS) is 14.9. The number of halogens is 2. The Morgan fingerprint density at radius 2 is 1.76 bits per heavy atom. The third-order valence-corrected chi connectivity index (χ3v) is 6.69. The van der Waals surface area contributed by atoms with Gasteiger partial charge in [-0.15, -0.1) is 5.10 Å². The molecule has 0 amide bonds. The lowest BCUT2D eigenvalue weighted by Crippen LogP contribution is -2.15. The van der Waals surface area contributed by atoms with Gasteiger partial charge in [0.1, 0.15) is 0 Å². The second kappa shape index (κ2) is 9.27. The Morgan fingerprint density at radius 3 is 2.44 bits per heavy atom. The van der Waals surface area contributed by atoms with Crippen LogP contribution in [0.3, 0.4) is 0 Å².